The van der Waals surface area contributed by atoms with Crippen molar-refractivity contribution in [1.82, 2.24) is 15.1 Å². The van der Waals surface area contributed by atoms with Gasteiger partial charge in [0.1, 0.15) is 5.82 Å². The number of amides is 1. The van der Waals surface area contributed by atoms with Crippen molar-refractivity contribution in [3.8, 4) is 5.69 Å². The van der Waals surface area contributed by atoms with Gasteiger partial charge in [-0.2, -0.15) is 5.10 Å². The maximum Gasteiger partial charge on any atom is 0.239 e. The third-order valence-corrected chi connectivity index (χ3v) is 4.78. The van der Waals surface area contributed by atoms with Crippen molar-refractivity contribution in [3.63, 3.8) is 0 Å². The van der Waals surface area contributed by atoms with Gasteiger partial charge in [-0.3, -0.25) is 4.79 Å². The van der Waals surface area contributed by atoms with E-state index in [1.54, 1.807) is 0 Å². The fourth-order valence-electron chi connectivity index (χ4n) is 3.17. The molecule has 0 fully saturated rings. The van der Waals surface area contributed by atoms with Crippen molar-refractivity contribution in [2.45, 2.75) is 46.6 Å². The van der Waals surface area contributed by atoms with E-state index in [2.05, 4.69) is 57.4 Å². The molecule has 0 spiro atoms. The highest BCUT2D eigenvalue weighted by Gasteiger charge is 2.22. The van der Waals surface area contributed by atoms with E-state index in [1.165, 1.54) is 5.56 Å². The number of carbonyl (C=O) groups is 1. The Hall–Kier alpha value is -2.92. The van der Waals surface area contributed by atoms with Gasteiger partial charge in [0.05, 0.1) is 17.9 Å². The van der Waals surface area contributed by atoms with Crippen LogP contribution in [0.3, 0.4) is 0 Å². The third kappa shape index (κ3) is 5.33. The monoisotopic (exact) mass is 390 g/mol. The van der Waals surface area contributed by atoms with E-state index in [-0.39, 0.29) is 17.9 Å². The zero-order valence-electron chi connectivity index (χ0n) is 17.9. The molecule has 1 amide bonds. The fraction of sp³-hybridized carbons (Fsp3) is 0.333. The van der Waals surface area contributed by atoms with Gasteiger partial charge in [-0.15, -0.1) is 0 Å². The molecule has 0 saturated heterocycles. The maximum atomic E-state index is 12.6. The predicted molar refractivity (Wildman–Crippen MR) is 119 cm³/mol. The average molecular weight is 391 g/mol. The molecule has 3 rings (SSSR count). The molecule has 3 aromatic rings. The van der Waals surface area contributed by atoms with Gasteiger partial charge in [-0.25, -0.2) is 4.68 Å². The van der Waals surface area contributed by atoms with Crippen LogP contribution in [0.15, 0.2) is 54.6 Å². The Labute approximate surface area is 173 Å². The lowest BCUT2D eigenvalue weighted by Gasteiger charge is -2.14. The summed E-state index contributed by atoms with van der Waals surface area (Å²) in [6, 6.07) is 18.3. The third-order valence-electron chi connectivity index (χ3n) is 4.78. The molecule has 0 aliphatic heterocycles. The Bertz CT molecular complexity index is 984. The molecule has 2 aromatic carbocycles. The topological polar surface area (TPSA) is 59.0 Å². The number of nitrogens with one attached hydrogen (secondary N) is 2. The van der Waals surface area contributed by atoms with Gasteiger partial charge in [0.25, 0.3) is 0 Å². The van der Waals surface area contributed by atoms with Crippen molar-refractivity contribution in [2.75, 3.05) is 11.9 Å². The second kappa shape index (κ2) is 8.62. The first-order valence-electron chi connectivity index (χ1n) is 9.97. The molecule has 0 aliphatic carbocycles. The van der Waals surface area contributed by atoms with Crippen molar-refractivity contribution in [3.05, 3.63) is 77.0 Å². The summed E-state index contributed by atoms with van der Waals surface area (Å²) in [5.74, 6) is 0.598. The number of aryl methyl sites for hydroxylation is 2. The van der Waals surface area contributed by atoms with Gasteiger partial charge < -0.3 is 10.6 Å². The van der Waals surface area contributed by atoms with Gasteiger partial charge in [0, 0.05) is 18.0 Å². The van der Waals surface area contributed by atoms with E-state index in [1.807, 2.05) is 47.1 Å². The number of aromatic nitrogens is 2. The Kier molecular flexibility index (Phi) is 6.18. The van der Waals surface area contributed by atoms with Crippen LogP contribution in [0.5, 0.6) is 0 Å². The summed E-state index contributed by atoms with van der Waals surface area (Å²) in [6.45, 7) is 11.4. The molecule has 1 heterocycles. The number of carbonyl (C=O) groups excluding carboxylic acids is 1. The van der Waals surface area contributed by atoms with Crippen LogP contribution in [0.2, 0.25) is 0 Å². The van der Waals surface area contributed by atoms with Gasteiger partial charge in [-0.1, -0.05) is 68.8 Å². The molecule has 0 saturated carbocycles. The van der Waals surface area contributed by atoms with E-state index in [4.69, 9.17) is 5.10 Å². The molecule has 0 atom stereocenters. The highest BCUT2D eigenvalue weighted by Crippen LogP contribution is 2.27. The minimum Gasteiger partial charge on any atom is -0.309 e. The lowest BCUT2D eigenvalue weighted by molar-refractivity contribution is -0.115. The van der Waals surface area contributed by atoms with Crippen molar-refractivity contribution in [1.29, 1.82) is 0 Å². The van der Waals surface area contributed by atoms with Crippen LogP contribution >= 0.6 is 0 Å². The van der Waals surface area contributed by atoms with E-state index >= 15 is 0 Å². The molecule has 0 bridgehead atoms. The zero-order chi connectivity index (χ0) is 21.0. The average Bonchev–Trinajstić information content (AvgIpc) is 3.06. The largest absolute Gasteiger partial charge is 0.309 e. The highest BCUT2D eigenvalue weighted by molar-refractivity contribution is 5.91. The summed E-state index contributed by atoms with van der Waals surface area (Å²) < 4.78 is 1.84. The van der Waals surface area contributed by atoms with Gasteiger partial charge in [-0.05, 0) is 31.0 Å². The first-order valence-corrected chi connectivity index (χ1v) is 9.97. The number of hydrogen-bond donors (Lipinski definition) is 2. The molecule has 152 valence electrons. The van der Waals surface area contributed by atoms with E-state index in [9.17, 15) is 4.79 Å². The Morgan fingerprint density at radius 2 is 1.76 bits per heavy atom. The van der Waals surface area contributed by atoms with Crippen LogP contribution in [0, 0.1) is 13.8 Å². The van der Waals surface area contributed by atoms with Crippen molar-refractivity contribution < 1.29 is 4.79 Å². The molecule has 0 radical (unpaired) electrons. The van der Waals surface area contributed by atoms with Crippen LogP contribution in [0.25, 0.3) is 5.69 Å². The van der Waals surface area contributed by atoms with Crippen molar-refractivity contribution in [2.24, 2.45) is 0 Å². The van der Waals surface area contributed by atoms with Crippen LogP contribution in [-0.4, -0.2) is 22.2 Å². The second-order valence-electron chi connectivity index (χ2n) is 8.50. The quantitative estimate of drug-likeness (QED) is 0.651. The lowest BCUT2D eigenvalue weighted by Crippen LogP contribution is -2.28. The SMILES string of the molecule is Cc1ccc(-n2nc(C(C)(C)C)cc2NC(=O)CNCc2ccccc2)c(C)c1. The van der Waals surface area contributed by atoms with Crippen LogP contribution in [-0.2, 0) is 16.8 Å². The van der Waals surface area contributed by atoms with Gasteiger partial charge in [0.2, 0.25) is 5.91 Å². The van der Waals surface area contributed by atoms with E-state index in [0.29, 0.717) is 12.4 Å². The number of hydrogen-bond acceptors (Lipinski definition) is 3. The molecule has 0 aliphatic rings. The Balaban J connectivity index is 1.78. The first-order chi connectivity index (χ1) is 13.7. The number of anilines is 1. The summed E-state index contributed by atoms with van der Waals surface area (Å²) in [6.07, 6.45) is 0. The summed E-state index contributed by atoms with van der Waals surface area (Å²) in [5, 5.41) is 11.0. The minimum absolute atomic E-state index is 0.0905. The smallest absolute Gasteiger partial charge is 0.239 e. The minimum atomic E-state index is -0.116. The standard InChI is InChI=1S/C24H30N4O/c1-17-11-12-20(18(2)13-17)28-22(14-21(27-28)24(3,4)5)26-23(29)16-25-15-19-9-7-6-8-10-19/h6-14,25H,15-16H2,1-5H3,(H,26,29). The summed E-state index contributed by atoms with van der Waals surface area (Å²) >= 11 is 0. The number of rotatable bonds is 6. The summed E-state index contributed by atoms with van der Waals surface area (Å²) in [7, 11) is 0. The first kappa shape index (κ1) is 20.8. The van der Waals surface area contributed by atoms with Gasteiger partial charge in [0.15, 0.2) is 0 Å². The predicted octanol–water partition coefficient (Wildman–Crippen LogP) is 4.51. The molecule has 5 nitrogen and oxygen atoms in total. The molecule has 0 unspecified atom stereocenters. The fourth-order valence-corrected chi connectivity index (χ4v) is 3.17. The molecular weight excluding hydrogens is 360 g/mol. The number of nitrogens with zero attached hydrogens (tertiary/aromatic N) is 2. The van der Waals surface area contributed by atoms with E-state index in [0.717, 1.165) is 22.5 Å². The summed E-state index contributed by atoms with van der Waals surface area (Å²) in [4.78, 5) is 12.6. The Morgan fingerprint density at radius 3 is 2.41 bits per heavy atom. The molecule has 2 N–H and O–H groups in total. The zero-order valence-corrected chi connectivity index (χ0v) is 17.9. The normalized spacial score (nSPS) is 11.5. The lowest BCUT2D eigenvalue weighted by atomic mass is 9.92. The van der Waals surface area contributed by atoms with Crippen LogP contribution < -0.4 is 10.6 Å². The summed E-state index contributed by atoms with van der Waals surface area (Å²) in [5.41, 5.74) is 5.25. The maximum absolute atomic E-state index is 12.6. The van der Waals surface area contributed by atoms with Gasteiger partial charge >= 0.3 is 0 Å². The van der Waals surface area contributed by atoms with Crippen LogP contribution in [0.4, 0.5) is 5.82 Å². The highest BCUT2D eigenvalue weighted by atomic mass is 16.2. The molecule has 5 heteroatoms. The van der Waals surface area contributed by atoms with Crippen molar-refractivity contribution >= 4 is 11.7 Å². The molecule has 1 aromatic heterocycles. The molecular formula is C24H30N4O. The Morgan fingerprint density at radius 1 is 1.03 bits per heavy atom. The molecule has 29 heavy (non-hydrogen) atoms. The second-order valence-corrected chi connectivity index (χ2v) is 8.50. The van der Waals surface area contributed by atoms with E-state index < -0.39 is 0 Å². The van der Waals surface area contributed by atoms with Crippen LogP contribution in [0.1, 0.15) is 43.2 Å². The number of benzene rings is 2.